The van der Waals surface area contributed by atoms with Crippen molar-refractivity contribution in [2.24, 2.45) is 0 Å². The molecule has 9 heteroatoms. The fourth-order valence-electron chi connectivity index (χ4n) is 1.13. The van der Waals surface area contributed by atoms with Crippen LogP contribution in [0.2, 0.25) is 0 Å². The van der Waals surface area contributed by atoms with E-state index in [4.69, 9.17) is 0 Å². The summed E-state index contributed by atoms with van der Waals surface area (Å²) in [5.74, 6) is -1.33. The highest BCUT2D eigenvalue weighted by molar-refractivity contribution is 14.1. The molecule has 1 aromatic heterocycles. The summed E-state index contributed by atoms with van der Waals surface area (Å²) in [7, 11) is 0.873. The average Bonchev–Trinajstić information content (AvgIpc) is 2.25. The Labute approximate surface area is 111 Å². The number of hydrogen-bond donors (Lipinski definition) is 0. The number of rotatable bonds is 2. The van der Waals surface area contributed by atoms with Crippen molar-refractivity contribution in [1.82, 2.24) is 4.98 Å². The second-order valence-electron chi connectivity index (χ2n) is 3.05. The lowest BCUT2D eigenvalue weighted by molar-refractivity contribution is -0.138. The number of halogens is 6. The number of methoxy groups -OCH3 is 1. The van der Waals surface area contributed by atoms with Gasteiger partial charge in [0, 0.05) is 0 Å². The van der Waals surface area contributed by atoms with Gasteiger partial charge in [-0.1, -0.05) is 0 Å². The third kappa shape index (κ3) is 3.06. The van der Waals surface area contributed by atoms with Gasteiger partial charge in [-0.2, -0.15) is 13.2 Å². The van der Waals surface area contributed by atoms with E-state index in [1.165, 1.54) is 22.6 Å². The zero-order valence-electron chi connectivity index (χ0n) is 8.69. The van der Waals surface area contributed by atoms with Crippen LogP contribution in [0.3, 0.4) is 0 Å². The fourth-order valence-corrected chi connectivity index (χ4v) is 1.76. The molecule has 18 heavy (non-hydrogen) atoms. The van der Waals surface area contributed by atoms with Gasteiger partial charge in [-0.05, 0) is 28.7 Å². The first-order valence-corrected chi connectivity index (χ1v) is 5.40. The van der Waals surface area contributed by atoms with Crippen molar-refractivity contribution in [3.8, 4) is 0 Å². The number of ether oxygens (including phenoxy) is 1. The summed E-state index contributed by atoms with van der Waals surface area (Å²) in [6.45, 7) is 0. The molecule has 0 aliphatic carbocycles. The molecule has 0 atom stereocenters. The van der Waals surface area contributed by atoms with Crippen molar-refractivity contribution in [2.75, 3.05) is 7.11 Å². The van der Waals surface area contributed by atoms with Crippen LogP contribution in [-0.2, 0) is 10.9 Å². The van der Waals surface area contributed by atoms with Gasteiger partial charge >= 0.3 is 12.1 Å². The van der Waals surface area contributed by atoms with E-state index in [2.05, 4.69) is 9.72 Å². The summed E-state index contributed by atoms with van der Waals surface area (Å²) in [6.07, 6.45) is -8.08. The minimum atomic E-state index is -4.97. The zero-order valence-corrected chi connectivity index (χ0v) is 10.8. The lowest BCUT2D eigenvalue weighted by Gasteiger charge is -2.13. The van der Waals surface area contributed by atoms with Gasteiger partial charge in [-0.3, -0.25) is 0 Å². The van der Waals surface area contributed by atoms with Crippen LogP contribution >= 0.6 is 22.6 Å². The Balaban J connectivity index is 3.52. The number of hydrogen-bond acceptors (Lipinski definition) is 3. The maximum atomic E-state index is 12.6. The largest absolute Gasteiger partial charge is 0.464 e. The number of carbonyl (C=O) groups excluding carboxylic acids is 1. The second-order valence-corrected chi connectivity index (χ2v) is 4.08. The first-order valence-electron chi connectivity index (χ1n) is 4.32. The predicted octanol–water partition coefficient (Wildman–Crippen LogP) is 3.43. The zero-order chi connectivity index (χ0) is 14.1. The van der Waals surface area contributed by atoms with Crippen molar-refractivity contribution < 1.29 is 31.5 Å². The summed E-state index contributed by atoms with van der Waals surface area (Å²) < 4.78 is 66.6. The highest BCUT2D eigenvalue weighted by Crippen LogP contribution is 2.35. The number of nitrogens with zero attached hydrogens (tertiary/aromatic N) is 1. The van der Waals surface area contributed by atoms with Crippen molar-refractivity contribution in [2.45, 2.75) is 12.6 Å². The number of aromatic nitrogens is 1. The third-order valence-corrected chi connectivity index (χ3v) is 2.79. The Kier molecular flexibility index (Phi) is 4.46. The number of pyridine rings is 1. The first-order chi connectivity index (χ1) is 8.18. The van der Waals surface area contributed by atoms with Gasteiger partial charge in [0.2, 0.25) is 0 Å². The van der Waals surface area contributed by atoms with Gasteiger partial charge in [0.15, 0.2) is 5.69 Å². The highest BCUT2D eigenvalue weighted by Gasteiger charge is 2.38. The molecule has 0 N–H and O–H groups in total. The molecule has 0 amide bonds. The smallest absolute Gasteiger partial charge is 0.418 e. The molecule has 0 aromatic carbocycles. The minimum Gasteiger partial charge on any atom is -0.464 e. The Hall–Kier alpha value is -1.00. The van der Waals surface area contributed by atoms with E-state index < -0.39 is 35.4 Å². The molecular weight excluding hydrogens is 376 g/mol. The molecular formula is C9H5F5INO2. The molecule has 0 spiro atoms. The van der Waals surface area contributed by atoms with E-state index in [1.54, 1.807) is 0 Å². The van der Waals surface area contributed by atoms with Gasteiger partial charge in [0.25, 0.3) is 6.43 Å². The minimum absolute atomic E-state index is 0.214. The van der Waals surface area contributed by atoms with Gasteiger partial charge < -0.3 is 4.74 Å². The van der Waals surface area contributed by atoms with Crippen LogP contribution in [0.4, 0.5) is 22.0 Å². The topological polar surface area (TPSA) is 39.2 Å². The molecule has 3 nitrogen and oxygen atoms in total. The summed E-state index contributed by atoms with van der Waals surface area (Å²) in [5.41, 5.74) is -3.44. The normalized spacial score (nSPS) is 11.8. The summed E-state index contributed by atoms with van der Waals surface area (Å²) >= 11 is 1.33. The standard InChI is InChI=1S/C9H5F5INO2/c1-18-8(17)5-4(9(12,13)14)2-3(6(10)11)7(15)16-5/h2,6H,1H3. The first kappa shape index (κ1) is 15.1. The molecule has 0 unspecified atom stereocenters. The van der Waals surface area contributed by atoms with Gasteiger partial charge in [0.05, 0.1) is 18.2 Å². The van der Waals surface area contributed by atoms with Crippen LogP contribution in [0.5, 0.6) is 0 Å². The van der Waals surface area contributed by atoms with E-state index in [0.717, 1.165) is 7.11 Å². The van der Waals surface area contributed by atoms with Crippen molar-refractivity contribution in [1.29, 1.82) is 0 Å². The van der Waals surface area contributed by atoms with E-state index in [0.29, 0.717) is 0 Å². The van der Waals surface area contributed by atoms with E-state index in [-0.39, 0.29) is 9.77 Å². The lowest BCUT2D eigenvalue weighted by atomic mass is 10.1. The average molecular weight is 381 g/mol. The van der Waals surface area contributed by atoms with E-state index in [1.807, 2.05) is 0 Å². The van der Waals surface area contributed by atoms with Crippen molar-refractivity contribution in [3.05, 3.63) is 26.6 Å². The van der Waals surface area contributed by atoms with E-state index in [9.17, 15) is 26.7 Å². The molecule has 100 valence electrons. The van der Waals surface area contributed by atoms with Crippen molar-refractivity contribution >= 4 is 28.6 Å². The molecule has 0 aliphatic rings. The van der Waals surface area contributed by atoms with Gasteiger partial charge in [0.1, 0.15) is 3.70 Å². The van der Waals surface area contributed by atoms with Crippen LogP contribution in [0, 0.1) is 3.70 Å². The third-order valence-electron chi connectivity index (χ3n) is 1.92. The van der Waals surface area contributed by atoms with Crippen LogP contribution in [0.15, 0.2) is 6.07 Å². The summed E-state index contributed by atoms with van der Waals surface area (Å²) in [4.78, 5) is 14.4. The SMILES string of the molecule is COC(=O)c1nc(I)c(C(F)F)cc1C(F)(F)F. The fraction of sp³-hybridized carbons (Fsp3) is 0.333. The quantitative estimate of drug-likeness (QED) is 0.341. The highest BCUT2D eigenvalue weighted by atomic mass is 127. The Morgan fingerprint density at radius 2 is 2.00 bits per heavy atom. The van der Waals surface area contributed by atoms with Crippen molar-refractivity contribution in [3.63, 3.8) is 0 Å². The van der Waals surface area contributed by atoms with Gasteiger partial charge in [-0.15, -0.1) is 0 Å². The van der Waals surface area contributed by atoms with Crippen LogP contribution in [0.25, 0.3) is 0 Å². The Morgan fingerprint density at radius 3 is 2.39 bits per heavy atom. The second kappa shape index (κ2) is 5.33. The molecule has 0 bridgehead atoms. The predicted molar refractivity (Wildman–Crippen MR) is 58.3 cm³/mol. The number of esters is 1. The Morgan fingerprint density at radius 1 is 1.44 bits per heavy atom. The summed E-state index contributed by atoms with van der Waals surface area (Å²) in [6, 6.07) is 0.214. The van der Waals surface area contributed by atoms with Crippen LogP contribution < -0.4 is 0 Å². The molecule has 1 aromatic rings. The molecule has 0 fully saturated rings. The lowest BCUT2D eigenvalue weighted by Crippen LogP contribution is -2.18. The molecule has 0 saturated heterocycles. The maximum absolute atomic E-state index is 12.6. The molecule has 0 radical (unpaired) electrons. The molecule has 1 heterocycles. The van der Waals surface area contributed by atoms with Gasteiger partial charge in [-0.25, -0.2) is 18.6 Å². The number of alkyl halides is 5. The maximum Gasteiger partial charge on any atom is 0.418 e. The summed E-state index contributed by atoms with van der Waals surface area (Å²) in [5, 5.41) is 0. The molecule has 0 saturated carbocycles. The molecule has 1 rings (SSSR count). The monoisotopic (exact) mass is 381 g/mol. The van der Waals surface area contributed by atoms with Crippen LogP contribution in [-0.4, -0.2) is 18.1 Å². The number of carbonyl (C=O) groups is 1. The van der Waals surface area contributed by atoms with E-state index >= 15 is 0 Å². The molecule has 0 aliphatic heterocycles. The Bertz CT molecular complexity index is 475. The van der Waals surface area contributed by atoms with Crippen LogP contribution in [0.1, 0.15) is 28.0 Å².